The summed E-state index contributed by atoms with van der Waals surface area (Å²) >= 11 is 0. The number of aryl methyl sites for hydroxylation is 1. The molecule has 0 bridgehead atoms. The third-order valence-electron chi connectivity index (χ3n) is 6.83. The Morgan fingerprint density at radius 3 is 2.56 bits per heavy atom. The minimum atomic E-state index is -4.78. The number of benzene rings is 2. The van der Waals surface area contributed by atoms with Gasteiger partial charge in [0.25, 0.3) is 5.91 Å². The van der Waals surface area contributed by atoms with Crippen molar-refractivity contribution in [3.63, 3.8) is 0 Å². The number of nitrogens with zero attached hydrogens (tertiary/aromatic N) is 3. The van der Waals surface area contributed by atoms with E-state index in [1.54, 1.807) is 30.0 Å². The highest BCUT2D eigenvalue weighted by Gasteiger charge is 2.40. The smallest absolute Gasteiger partial charge is 0.435 e. The molecule has 0 saturated heterocycles. The summed E-state index contributed by atoms with van der Waals surface area (Å²) < 4.78 is 65.1. The van der Waals surface area contributed by atoms with Crippen molar-refractivity contribution >= 4 is 11.9 Å². The molecule has 1 aromatic heterocycles. The highest BCUT2D eigenvalue weighted by molar-refractivity contribution is 6.04. The fourth-order valence-corrected chi connectivity index (χ4v) is 4.97. The average Bonchev–Trinajstić information content (AvgIpc) is 3.32. The van der Waals surface area contributed by atoms with Gasteiger partial charge in [-0.05, 0) is 37.3 Å². The molecule has 5 rings (SSSR count). The minimum absolute atomic E-state index is 0.0171. The van der Waals surface area contributed by atoms with Crippen LogP contribution in [0.5, 0.6) is 17.2 Å². The first-order valence-electron chi connectivity index (χ1n) is 12.3. The molecule has 2 aromatic carbocycles. The highest BCUT2D eigenvalue weighted by atomic mass is 19.4. The number of esters is 1. The van der Waals surface area contributed by atoms with Crippen molar-refractivity contribution in [1.82, 2.24) is 14.7 Å². The lowest BCUT2D eigenvalue weighted by Gasteiger charge is -2.35. The molecule has 9 nitrogen and oxygen atoms in total. The predicted molar refractivity (Wildman–Crippen MR) is 132 cm³/mol. The van der Waals surface area contributed by atoms with Gasteiger partial charge in [-0.25, -0.2) is 4.79 Å². The van der Waals surface area contributed by atoms with Gasteiger partial charge in [0, 0.05) is 35.9 Å². The van der Waals surface area contributed by atoms with E-state index >= 15 is 0 Å². The first kappa shape index (κ1) is 26.4. The van der Waals surface area contributed by atoms with Crippen molar-refractivity contribution in [2.45, 2.75) is 32.1 Å². The van der Waals surface area contributed by atoms with Crippen LogP contribution in [0.3, 0.4) is 0 Å². The van der Waals surface area contributed by atoms with E-state index in [-0.39, 0.29) is 47.7 Å². The molecule has 0 N–H and O–H groups in total. The van der Waals surface area contributed by atoms with Crippen molar-refractivity contribution in [3.05, 3.63) is 58.9 Å². The topological polar surface area (TPSA) is 92.1 Å². The fourth-order valence-electron chi connectivity index (χ4n) is 4.97. The molecule has 0 spiro atoms. The van der Waals surface area contributed by atoms with Crippen LogP contribution >= 0.6 is 0 Å². The summed E-state index contributed by atoms with van der Waals surface area (Å²) in [6, 6.07) is 7.45. The molecule has 2 aliphatic rings. The van der Waals surface area contributed by atoms with Crippen LogP contribution in [-0.4, -0.2) is 60.5 Å². The number of methoxy groups -OCH3 is 2. The SMILES string of the molecule is CCn1cc(-c2cc(C(=O)OC)cc3c2OCCN([C@H]2CCOc4ccc(OC)cc42)C3=O)c(C(F)(F)F)n1. The van der Waals surface area contributed by atoms with Gasteiger partial charge in [0.15, 0.2) is 5.69 Å². The first-order chi connectivity index (χ1) is 18.7. The van der Waals surface area contributed by atoms with E-state index in [1.807, 2.05) is 0 Å². The van der Waals surface area contributed by atoms with Crippen LogP contribution in [0.25, 0.3) is 11.1 Å². The monoisotopic (exact) mass is 545 g/mol. The number of aromatic nitrogens is 2. The van der Waals surface area contributed by atoms with Gasteiger partial charge in [-0.15, -0.1) is 0 Å². The van der Waals surface area contributed by atoms with Crippen molar-refractivity contribution in [2.24, 2.45) is 0 Å². The van der Waals surface area contributed by atoms with E-state index in [0.717, 1.165) is 17.4 Å². The Morgan fingerprint density at radius 1 is 1.10 bits per heavy atom. The van der Waals surface area contributed by atoms with Crippen molar-refractivity contribution in [2.75, 3.05) is 34.0 Å². The number of halogens is 3. The van der Waals surface area contributed by atoms with Gasteiger partial charge in [-0.1, -0.05) is 0 Å². The number of hydrogen-bond donors (Lipinski definition) is 0. The quantitative estimate of drug-likeness (QED) is 0.428. The fraction of sp³-hybridized carbons (Fsp3) is 0.370. The molecule has 0 unspecified atom stereocenters. The van der Waals surface area contributed by atoms with E-state index in [2.05, 4.69) is 5.10 Å². The number of carbonyl (C=O) groups excluding carboxylic acids is 2. The summed E-state index contributed by atoms with van der Waals surface area (Å²) in [7, 11) is 2.69. The first-order valence-corrected chi connectivity index (χ1v) is 12.3. The van der Waals surface area contributed by atoms with E-state index in [4.69, 9.17) is 18.9 Å². The van der Waals surface area contributed by atoms with Crippen LogP contribution < -0.4 is 14.2 Å². The zero-order chi connectivity index (χ0) is 27.9. The van der Waals surface area contributed by atoms with E-state index in [1.165, 1.54) is 25.4 Å². The summed E-state index contributed by atoms with van der Waals surface area (Å²) in [6.07, 6.45) is -3.07. The number of hydrogen-bond acceptors (Lipinski definition) is 7. The Kier molecular flexibility index (Phi) is 6.87. The normalized spacial score (nSPS) is 16.9. The summed E-state index contributed by atoms with van der Waals surface area (Å²) in [4.78, 5) is 28.2. The van der Waals surface area contributed by atoms with E-state index in [9.17, 15) is 22.8 Å². The van der Waals surface area contributed by atoms with Crippen molar-refractivity contribution in [3.8, 4) is 28.4 Å². The summed E-state index contributed by atoms with van der Waals surface area (Å²) in [5.74, 6) is -0.150. The van der Waals surface area contributed by atoms with Crippen molar-refractivity contribution in [1.29, 1.82) is 0 Å². The molecule has 1 atom stereocenters. The van der Waals surface area contributed by atoms with E-state index in [0.29, 0.717) is 24.5 Å². The molecule has 0 saturated carbocycles. The van der Waals surface area contributed by atoms with Crippen LogP contribution in [0.4, 0.5) is 13.2 Å². The molecule has 0 radical (unpaired) electrons. The van der Waals surface area contributed by atoms with Crippen LogP contribution in [-0.2, 0) is 17.5 Å². The summed E-state index contributed by atoms with van der Waals surface area (Å²) in [5.41, 5.74) is -0.894. The maximum atomic E-state index is 14.1. The maximum absolute atomic E-state index is 14.1. The zero-order valence-corrected chi connectivity index (χ0v) is 21.5. The second-order valence-electron chi connectivity index (χ2n) is 9.04. The summed E-state index contributed by atoms with van der Waals surface area (Å²) in [6.45, 7) is 2.37. The number of ether oxygens (including phenoxy) is 4. The van der Waals surface area contributed by atoms with Crippen LogP contribution in [0.2, 0.25) is 0 Å². The Labute approximate surface area is 222 Å². The third kappa shape index (κ3) is 4.75. The van der Waals surface area contributed by atoms with E-state index < -0.39 is 29.8 Å². The largest absolute Gasteiger partial charge is 0.497 e. The van der Waals surface area contributed by atoms with Gasteiger partial charge in [0.2, 0.25) is 0 Å². The van der Waals surface area contributed by atoms with Gasteiger partial charge in [-0.3, -0.25) is 9.48 Å². The van der Waals surface area contributed by atoms with Gasteiger partial charge in [0.1, 0.15) is 23.9 Å². The van der Waals surface area contributed by atoms with Crippen molar-refractivity contribution < 1.29 is 41.7 Å². The Hall–Kier alpha value is -4.22. The van der Waals surface area contributed by atoms with Crippen LogP contribution in [0.1, 0.15) is 51.4 Å². The lowest BCUT2D eigenvalue weighted by atomic mass is 9.95. The van der Waals surface area contributed by atoms with Crippen LogP contribution in [0, 0.1) is 0 Å². The molecule has 3 heterocycles. The average molecular weight is 546 g/mol. The molecule has 3 aromatic rings. The Morgan fingerprint density at radius 2 is 1.87 bits per heavy atom. The molecule has 206 valence electrons. The standard InChI is InChI=1S/C27H26F3N3O6/c1-4-32-14-20(24(31-32)27(28,29)30)17-11-15(26(35)37-3)12-19-23(17)39-10-8-33(25(19)34)21-7-9-38-22-6-5-16(36-2)13-18(21)22/h5-6,11-14,21H,4,7-10H2,1-3H3/t21-/m0/s1. The van der Waals surface area contributed by atoms with Crippen LogP contribution in [0.15, 0.2) is 36.5 Å². The van der Waals surface area contributed by atoms with Gasteiger partial charge >= 0.3 is 12.1 Å². The molecule has 39 heavy (non-hydrogen) atoms. The summed E-state index contributed by atoms with van der Waals surface area (Å²) in [5, 5.41) is 3.69. The number of rotatable bonds is 5. The molecule has 2 aliphatic heterocycles. The van der Waals surface area contributed by atoms with Gasteiger partial charge in [0.05, 0.1) is 44.5 Å². The second kappa shape index (κ2) is 10.2. The zero-order valence-electron chi connectivity index (χ0n) is 21.5. The molecular formula is C27H26F3N3O6. The number of alkyl halides is 3. The second-order valence-corrected chi connectivity index (χ2v) is 9.04. The number of fused-ring (bicyclic) bond motifs is 2. The lowest BCUT2D eigenvalue weighted by Crippen LogP contribution is -2.38. The highest BCUT2D eigenvalue weighted by Crippen LogP contribution is 2.45. The number of amides is 1. The third-order valence-corrected chi connectivity index (χ3v) is 6.83. The molecule has 0 aliphatic carbocycles. The molecule has 0 fully saturated rings. The maximum Gasteiger partial charge on any atom is 0.435 e. The predicted octanol–water partition coefficient (Wildman–Crippen LogP) is 4.74. The Balaban J connectivity index is 1.67. The van der Waals surface area contributed by atoms with Gasteiger partial charge < -0.3 is 23.8 Å². The minimum Gasteiger partial charge on any atom is -0.497 e. The Bertz CT molecular complexity index is 1430. The molecular weight excluding hydrogens is 519 g/mol. The molecule has 12 heteroatoms. The lowest BCUT2D eigenvalue weighted by molar-refractivity contribution is -0.141. The molecule has 1 amide bonds. The van der Waals surface area contributed by atoms with Gasteiger partial charge in [-0.2, -0.15) is 18.3 Å². The number of carbonyl (C=O) groups is 2.